The third kappa shape index (κ3) is 3.68. The summed E-state index contributed by atoms with van der Waals surface area (Å²) in [6, 6.07) is 15.3. The predicted molar refractivity (Wildman–Crippen MR) is 101 cm³/mol. The van der Waals surface area contributed by atoms with Gasteiger partial charge in [-0.3, -0.25) is 4.79 Å². The summed E-state index contributed by atoms with van der Waals surface area (Å²) in [4.78, 5) is 12.5. The number of carbonyl (C=O) groups excluding carboxylic acids is 1. The zero-order valence-electron chi connectivity index (χ0n) is 14.8. The Morgan fingerprint density at radius 2 is 1.62 bits per heavy atom. The van der Waals surface area contributed by atoms with Crippen LogP contribution in [0.1, 0.15) is 24.0 Å². The van der Waals surface area contributed by atoms with Gasteiger partial charge in [0.2, 0.25) is 0 Å². The van der Waals surface area contributed by atoms with Crippen LogP contribution in [-0.2, 0) is 11.0 Å². The Hall–Kier alpha value is -2.14. The fourth-order valence-corrected chi connectivity index (χ4v) is 7.06. The van der Waals surface area contributed by atoms with Crippen molar-refractivity contribution in [2.75, 3.05) is 0 Å². The molecule has 2 aromatic carbocycles. The molecule has 26 heavy (non-hydrogen) atoms. The quantitative estimate of drug-likeness (QED) is 0.517. The summed E-state index contributed by atoms with van der Waals surface area (Å²) < 4.78 is 38.2. The van der Waals surface area contributed by atoms with Gasteiger partial charge >= 0.3 is 6.18 Å². The van der Waals surface area contributed by atoms with E-state index in [-0.39, 0.29) is 11.3 Å². The summed E-state index contributed by atoms with van der Waals surface area (Å²) in [6.07, 6.45) is -1.22. The van der Waals surface area contributed by atoms with Gasteiger partial charge in [0.1, 0.15) is 0 Å². The van der Waals surface area contributed by atoms with E-state index in [0.717, 1.165) is 24.1 Å². The number of rotatable bonds is 3. The van der Waals surface area contributed by atoms with Crippen LogP contribution < -0.4 is 5.19 Å². The molecule has 0 aliphatic heterocycles. The van der Waals surface area contributed by atoms with E-state index < -0.39 is 19.8 Å². The van der Waals surface area contributed by atoms with E-state index in [1.807, 2.05) is 18.2 Å². The van der Waals surface area contributed by atoms with E-state index in [9.17, 15) is 18.0 Å². The van der Waals surface area contributed by atoms with Crippen molar-refractivity contribution < 1.29 is 18.0 Å². The van der Waals surface area contributed by atoms with Crippen LogP contribution in [0.5, 0.6) is 0 Å². The Balaban J connectivity index is 1.94. The number of halogens is 3. The molecule has 0 saturated heterocycles. The molecule has 0 aromatic heterocycles. The number of carbonyl (C=O) groups is 1. The minimum Gasteiger partial charge on any atom is -0.295 e. The molecule has 1 aliphatic rings. The molecule has 3 rings (SSSR count). The lowest BCUT2D eigenvalue weighted by Crippen LogP contribution is -2.45. The lowest BCUT2D eigenvalue weighted by atomic mass is 10.1. The SMILES string of the molecule is C[Si](C)(c1ccccc1)C1CCC(=O)/C1=C/c1ccc(C(F)(F)F)cc1. The zero-order chi connectivity index (χ0) is 18.9. The summed E-state index contributed by atoms with van der Waals surface area (Å²) in [5.74, 6) is 0.117. The summed E-state index contributed by atoms with van der Waals surface area (Å²) >= 11 is 0. The Morgan fingerprint density at radius 3 is 2.19 bits per heavy atom. The van der Waals surface area contributed by atoms with Gasteiger partial charge in [-0.2, -0.15) is 13.2 Å². The van der Waals surface area contributed by atoms with E-state index >= 15 is 0 Å². The molecule has 0 spiro atoms. The molecule has 0 amide bonds. The van der Waals surface area contributed by atoms with Gasteiger partial charge in [0.25, 0.3) is 0 Å². The van der Waals surface area contributed by atoms with Crippen molar-refractivity contribution in [3.05, 3.63) is 71.3 Å². The molecule has 1 aliphatic carbocycles. The molecule has 0 heterocycles. The maximum Gasteiger partial charge on any atom is 0.416 e. The monoisotopic (exact) mass is 374 g/mol. The second kappa shape index (κ2) is 6.87. The second-order valence-electron chi connectivity index (χ2n) is 7.32. The summed E-state index contributed by atoms with van der Waals surface area (Å²) in [5, 5.41) is 1.29. The van der Waals surface area contributed by atoms with E-state index in [0.29, 0.717) is 12.0 Å². The molecule has 0 radical (unpaired) electrons. The molecule has 1 unspecified atom stereocenters. The smallest absolute Gasteiger partial charge is 0.295 e. The lowest BCUT2D eigenvalue weighted by molar-refractivity contribution is -0.137. The molecule has 0 N–H and O–H groups in total. The molecule has 1 saturated carbocycles. The number of hydrogen-bond acceptors (Lipinski definition) is 1. The summed E-state index contributed by atoms with van der Waals surface area (Å²) in [5.41, 5.74) is 0.920. The number of benzene rings is 2. The summed E-state index contributed by atoms with van der Waals surface area (Å²) in [6.45, 7) is 4.51. The number of allylic oxidation sites excluding steroid dienone is 1. The lowest BCUT2D eigenvalue weighted by Gasteiger charge is -2.30. The highest BCUT2D eigenvalue weighted by molar-refractivity contribution is 6.92. The molecular formula is C21H21F3OSi. The molecule has 0 bridgehead atoms. The van der Waals surface area contributed by atoms with Crippen molar-refractivity contribution in [1.82, 2.24) is 0 Å². The minimum atomic E-state index is -4.35. The Kier molecular flexibility index (Phi) is 4.93. The van der Waals surface area contributed by atoms with Gasteiger partial charge in [-0.15, -0.1) is 0 Å². The van der Waals surface area contributed by atoms with Crippen LogP contribution in [0.3, 0.4) is 0 Å². The molecule has 2 aromatic rings. The highest BCUT2D eigenvalue weighted by atomic mass is 28.3. The largest absolute Gasteiger partial charge is 0.416 e. The van der Waals surface area contributed by atoms with E-state index in [1.165, 1.54) is 17.3 Å². The van der Waals surface area contributed by atoms with Crippen LogP contribution in [0.25, 0.3) is 6.08 Å². The highest BCUT2D eigenvalue weighted by Gasteiger charge is 2.41. The second-order valence-corrected chi connectivity index (χ2v) is 12.0. The van der Waals surface area contributed by atoms with Gasteiger partial charge in [0.15, 0.2) is 5.78 Å². The first-order valence-corrected chi connectivity index (χ1v) is 11.7. The fraction of sp³-hybridized carbons (Fsp3) is 0.286. The number of Topliss-reactive ketones (excluding diaryl/α,β-unsaturated/α-hetero) is 1. The first-order chi connectivity index (χ1) is 12.2. The molecule has 1 fully saturated rings. The zero-order valence-corrected chi connectivity index (χ0v) is 15.8. The van der Waals surface area contributed by atoms with Gasteiger partial charge in [0, 0.05) is 6.42 Å². The van der Waals surface area contributed by atoms with Crippen LogP contribution in [0.15, 0.2) is 60.2 Å². The molecule has 136 valence electrons. The summed E-state index contributed by atoms with van der Waals surface area (Å²) in [7, 11) is -1.92. The van der Waals surface area contributed by atoms with Crippen LogP contribution in [0.2, 0.25) is 18.6 Å². The maximum atomic E-state index is 12.7. The van der Waals surface area contributed by atoms with Crippen molar-refractivity contribution >= 4 is 25.1 Å². The highest BCUT2D eigenvalue weighted by Crippen LogP contribution is 2.42. The van der Waals surface area contributed by atoms with Gasteiger partial charge in [-0.25, -0.2) is 0 Å². The standard InChI is InChI=1S/C21H21F3OSi/c1-26(2,17-6-4-3-5-7-17)20-13-12-19(25)18(20)14-15-8-10-16(11-9-15)21(22,23)24/h3-11,14,20H,12-13H2,1-2H3/b18-14-. The molecule has 5 heteroatoms. The van der Waals surface area contributed by atoms with Crippen LogP contribution >= 0.6 is 0 Å². The van der Waals surface area contributed by atoms with Crippen molar-refractivity contribution in [2.24, 2.45) is 0 Å². The van der Waals surface area contributed by atoms with E-state index in [2.05, 4.69) is 25.2 Å². The molecule has 1 nitrogen and oxygen atoms in total. The third-order valence-electron chi connectivity index (χ3n) is 5.31. The fourth-order valence-electron chi connectivity index (χ4n) is 3.72. The van der Waals surface area contributed by atoms with E-state index in [1.54, 1.807) is 6.08 Å². The average Bonchev–Trinajstić information content (AvgIpc) is 2.97. The van der Waals surface area contributed by atoms with Crippen LogP contribution in [0, 0.1) is 0 Å². The van der Waals surface area contributed by atoms with Crippen molar-refractivity contribution in [3.8, 4) is 0 Å². The Labute approximate surface area is 152 Å². The molecular weight excluding hydrogens is 353 g/mol. The minimum absolute atomic E-state index is 0.117. The average molecular weight is 374 g/mol. The predicted octanol–water partition coefficient (Wildman–Crippen LogP) is 5.44. The van der Waals surface area contributed by atoms with Crippen LogP contribution in [0.4, 0.5) is 13.2 Å². The third-order valence-corrected chi connectivity index (χ3v) is 9.47. The van der Waals surface area contributed by atoms with Crippen molar-refractivity contribution in [2.45, 2.75) is 37.7 Å². The topological polar surface area (TPSA) is 17.1 Å². The van der Waals surface area contributed by atoms with Gasteiger partial charge in [-0.05, 0) is 41.3 Å². The van der Waals surface area contributed by atoms with E-state index in [4.69, 9.17) is 0 Å². The number of alkyl halides is 3. The first-order valence-electron chi connectivity index (χ1n) is 8.67. The van der Waals surface area contributed by atoms with Gasteiger partial charge in [-0.1, -0.05) is 60.7 Å². The number of ketones is 1. The normalized spacial score (nSPS) is 20.0. The Morgan fingerprint density at radius 1 is 1.00 bits per heavy atom. The van der Waals surface area contributed by atoms with Crippen LogP contribution in [-0.4, -0.2) is 13.9 Å². The van der Waals surface area contributed by atoms with Crippen molar-refractivity contribution in [1.29, 1.82) is 0 Å². The van der Waals surface area contributed by atoms with Crippen molar-refractivity contribution in [3.63, 3.8) is 0 Å². The Bertz CT molecular complexity index is 821. The molecule has 1 atom stereocenters. The van der Waals surface area contributed by atoms with Gasteiger partial charge < -0.3 is 0 Å². The number of hydrogen-bond donors (Lipinski definition) is 0. The van der Waals surface area contributed by atoms with Gasteiger partial charge in [0.05, 0.1) is 13.6 Å². The first kappa shape index (κ1) is 18.6. The maximum absolute atomic E-state index is 12.7.